The van der Waals surface area contributed by atoms with E-state index in [4.69, 9.17) is 0 Å². The molecule has 29 heavy (non-hydrogen) atoms. The third kappa shape index (κ3) is 3.79. The lowest BCUT2D eigenvalue weighted by molar-refractivity contribution is 0.0601. The lowest BCUT2D eigenvalue weighted by Gasteiger charge is -2.09. The van der Waals surface area contributed by atoms with Crippen LogP contribution in [-0.4, -0.2) is 43.9 Å². The Balaban J connectivity index is 2.60. The van der Waals surface area contributed by atoms with E-state index >= 15 is 0 Å². The normalized spacial score (nSPS) is 10.7. The zero-order valence-electron chi connectivity index (χ0n) is 15.4. The summed E-state index contributed by atoms with van der Waals surface area (Å²) in [5.74, 6) is -14.9. The fourth-order valence-electron chi connectivity index (χ4n) is 2.33. The number of methoxy groups -OCH3 is 1. The summed E-state index contributed by atoms with van der Waals surface area (Å²) in [5.41, 5.74) is -1.92. The van der Waals surface area contributed by atoms with Crippen LogP contribution >= 0.6 is 11.3 Å². The Morgan fingerprint density at radius 1 is 0.897 bits per heavy atom. The van der Waals surface area contributed by atoms with E-state index in [-0.39, 0.29) is 21.0 Å². The average Bonchev–Trinajstić information content (AvgIpc) is 2.99. The van der Waals surface area contributed by atoms with Crippen molar-refractivity contribution in [2.24, 2.45) is 0 Å². The van der Waals surface area contributed by atoms with Crippen molar-refractivity contribution in [3.63, 3.8) is 0 Å². The Kier molecular flexibility index (Phi) is 6.26. The Labute approximate surface area is 164 Å². The van der Waals surface area contributed by atoms with Crippen LogP contribution in [0.15, 0.2) is 0 Å². The highest BCUT2D eigenvalue weighted by Gasteiger charge is 2.32. The number of hydrogen-bond acceptors (Lipinski definition) is 5. The van der Waals surface area contributed by atoms with Crippen molar-refractivity contribution in [3.8, 4) is 0 Å². The van der Waals surface area contributed by atoms with Gasteiger partial charge in [-0.1, -0.05) is 0 Å². The molecule has 0 aliphatic rings. The van der Waals surface area contributed by atoms with Crippen molar-refractivity contribution >= 4 is 34.1 Å². The molecule has 0 unspecified atom stereocenters. The van der Waals surface area contributed by atoms with Gasteiger partial charge in [-0.15, -0.1) is 11.3 Å². The SMILES string of the molecule is COC(=O)c1c(NC(=O)c2c(F)c(F)c(F)c(F)c2F)sc(C(=O)N(C)C)c1C. The van der Waals surface area contributed by atoms with Gasteiger partial charge in [0.2, 0.25) is 5.82 Å². The molecule has 156 valence electrons. The van der Waals surface area contributed by atoms with Gasteiger partial charge in [-0.3, -0.25) is 9.59 Å². The van der Waals surface area contributed by atoms with Gasteiger partial charge in [0.15, 0.2) is 23.3 Å². The molecule has 0 aliphatic heterocycles. The van der Waals surface area contributed by atoms with Gasteiger partial charge in [0.1, 0.15) is 10.6 Å². The molecule has 0 fully saturated rings. The van der Waals surface area contributed by atoms with Gasteiger partial charge in [-0.05, 0) is 12.5 Å². The topological polar surface area (TPSA) is 75.7 Å². The number of carbonyl (C=O) groups is 3. The van der Waals surface area contributed by atoms with Crippen LogP contribution in [-0.2, 0) is 4.74 Å². The number of hydrogen-bond donors (Lipinski definition) is 1. The van der Waals surface area contributed by atoms with Crippen LogP contribution in [0.1, 0.15) is 36.0 Å². The highest BCUT2D eigenvalue weighted by molar-refractivity contribution is 7.18. The molecule has 0 atom stereocenters. The molecule has 1 aromatic heterocycles. The average molecular weight is 436 g/mol. The number of anilines is 1. The fraction of sp³-hybridized carbons (Fsp3) is 0.235. The second-order valence-electron chi connectivity index (χ2n) is 5.85. The highest BCUT2D eigenvalue weighted by Crippen LogP contribution is 2.35. The number of benzene rings is 1. The summed E-state index contributed by atoms with van der Waals surface area (Å²) < 4.78 is 72.2. The van der Waals surface area contributed by atoms with Crippen LogP contribution in [0.25, 0.3) is 0 Å². The molecule has 2 amide bonds. The second-order valence-corrected chi connectivity index (χ2v) is 6.87. The van der Waals surface area contributed by atoms with Crippen LogP contribution in [0.3, 0.4) is 0 Å². The van der Waals surface area contributed by atoms with Crippen molar-refractivity contribution in [2.45, 2.75) is 6.92 Å². The van der Waals surface area contributed by atoms with Crippen molar-refractivity contribution in [2.75, 3.05) is 26.5 Å². The molecule has 1 N–H and O–H groups in total. The molecule has 1 aromatic carbocycles. The first-order valence-corrected chi connectivity index (χ1v) is 8.51. The number of nitrogens with zero attached hydrogens (tertiary/aromatic N) is 1. The van der Waals surface area contributed by atoms with Crippen molar-refractivity contribution < 1.29 is 41.1 Å². The van der Waals surface area contributed by atoms with Crippen LogP contribution in [0.4, 0.5) is 27.0 Å². The molecule has 0 aliphatic carbocycles. The van der Waals surface area contributed by atoms with Gasteiger partial charge < -0.3 is 15.0 Å². The predicted molar refractivity (Wildman–Crippen MR) is 92.6 cm³/mol. The van der Waals surface area contributed by atoms with Crippen molar-refractivity contribution in [3.05, 3.63) is 50.7 Å². The van der Waals surface area contributed by atoms with Gasteiger partial charge in [0.05, 0.1) is 17.6 Å². The predicted octanol–water partition coefficient (Wildman–Crippen LogP) is 3.49. The van der Waals surface area contributed by atoms with Gasteiger partial charge in [-0.2, -0.15) is 0 Å². The summed E-state index contributed by atoms with van der Waals surface area (Å²) in [5, 5.41) is 1.57. The zero-order valence-corrected chi connectivity index (χ0v) is 16.2. The van der Waals surface area contributed by atoms with E-state index in [9.17, 15) is 36.3 Å². The summed E-state index contributed by atoms with van der Waals surface area (Å²) in [7, 11) is 3.86. The van der Waals surface area contributed by atoms with Gasteiger partial charge in [0.25, 0.3) is 11.8 Å². The molecule has 0 saturated heterocycles. The molecule has 2 aromatic rings. The summed E-state index contributed by atoms with van der Waals surface area (Å²) in [6.45, 7) is 1.37. The molecule has 6 nitrogen and oxygen atoms in total. The molecule has 0 bridgehead atoms. The van der Waals surface area contributed by atoms with Crippen molar-refractivity contribution in [1.82, 2.24) is 4.90 Å². The number of halogens is 5. The van der Waals surface area contributed by atoms with Crippen LogP contribution in [0.5, 0.6) is 0 Å². The lowest BCUT2D eigenvalue weighted by Crippen LogP contribution is -2.21. The van der Waals surface area contributed by atoms with E-state index in [2.05, 4.69) is 4.74 Å². The minimum atomic E-state index is -2.42. The molecule has 0 saturated carbocycles. The third-order valence-electron chi connectivity index (χ3n) is 3.80. The first-order chi connectivity index (χ1) is 13.4. The maximum absolute atomic E-state index is 13.9. The minimum Gasteiger partial charge on any atom is -0.465 e. The first-order valence-electron chi connectivity index (χ1n) is 7.70. The van der Waals surface area contributed by atoms with Gasteiger partial charge >= 0.3 is 5.97 Å². The van der Waals surface area contributed by atoms with Gasteiger partial charge in [-0.25, -0.2) is 26.7 Å². The molecule has 1 heterocycles. The standard InChI is InChI=1S/C17H13F5N2O4S/c1-5-6(17(27)28-4)15(29-13(5)16(26)24(2)3)23-14(25)7-8(18)10(20)12(22)11(21)9(7)19/h1-4H3,(H,23,25). The number of rotatable bonds is 4. The van der Waals surface area contributed by atoms with Gasteiger partial charge in [0, 0.05) is 14.1 Å². The monoisotopic (exact) mass is 436 g/mol. The summed E-state index contributed by atoms with van der Waals surface area (Å²) in [6, 6.07) is 0. The van der Waals surface area contributed by atoms with Crippen LogP contribution < -0.4 is 5.32 Å². The van der Waals surface area contributed by atoms with E-state index < -0.39 is 52.4 Å². The summed E-state index contributed by atoms with van der Waals surface area (Å²) in [6.07, 6.45) is 0. The van der Waals surface area contributed by atoms with Crippen molar-refractivity contribution in [1.29, 1.82) is 0 Å². The van der Waals surface area contributed by atoms with E-state index in [0.717, 1.165) is 7.11 Å². The lowest BCUT2D eigenvalue weighted by atomic mass is 10.1. The highest BCUT2D eigenvalue weighted by atomic mass is 32.1. The maximum atomic E-state index is 13.9. The molecule has 0 radical (unpaired) electrons. The number of carbonyl (C=O) groups excluding carboxylic acids is 3. The minimum absolute atomic E-state index is 0.00288. The number of ether oxygens (including phenoxy) is 1. The molecule has 12 heteroatoms. The quantitative estimate of drug-likeness (QED) is 0.345. The zero-order chi connectivity index (χ0) is 22.2. The summed E-state index contributed by atoms with van der Waals surface area (Å²) >= 11 is 0.582. The van der Waals surface area contributed by atoms with E-state index in [1.807, 2.05) is 5.32 Å². The molecular formula is C17H13F5N2O4S. The van der Waals surface area contributed by atoms with Crippen LogP contribution in [0.2, 0.25) is 0 Å². The molecule has 2 rings (SSSR count). The van der Waals surface area contributed by atoms with E-state index in [0.29, 0.717) is 11.3 Å². The van der Waals surface area contributed by atoms with Crippen LogP contribution in [0, 0.1) is 36.0 Å². The Morgan fingerprint density at radius 3 is 1.83 bits per heavy atom. The molecular weight excluding hydrogens is 423 g/mol. The first kappa shape index (κ1) is 22.3. The van der Waals surface area contributed by atoms with E-state index in [1.54, 1.807) is 0 Å². The second kappa shape index (κ2) is 8.15. The number of thiophene rings is 1. The van der Waals surface area contributed by atoms with E-state index in [1.165, 1.54) is 25.9 Å². The number of nitrogens with one attached hydrogen (secondary N) is 1. The number of esters is 1. The Bertz CT molecular complexity index is 1010. The molecule has 0 spiro atoms. The largest absolute Gasteiger partial charge is 0.465 e. The Morgan fingerprint density at radius 2 is 1.38 bits per heavy atom. The fourth-order valence-corrected chi connectivity index (χ4v) is 3.54. The Hall–Kier alpha value is -3.02. The number of amides is 2. The third-order valence-corrected chi connectivity index (χ3v) is 5.00. The summed E-state index contributed by atoms with van der Waals surface area (Å²) in [4.78, 5) is 37.7. The smallest absolute Gasteiger partial charge is 0.341 e. The maximum Gasteiger partial charge on any atom is 0.341 e.